The van der Waals surface area contributed by atoms with Crippen molar-refractivity contribution in [2.24, 2.45) is 0 Å². The standard InChI is InChI=1S/C8H20N.C8H6O4/c1-5-9(6-2,7-3)8-4;9-7(10)5-2-1-3-6(4-5)8(11)12/h5-8H2,1-4H3;1-4H,(H,9,10)(H,11,12)/q+1;. The molecule has 21 heavy (non-hydrogen) atoms. The van der Waals surface area contributed by atoms with Gasteiger partial charge >= 0.3 is 11.9 Å². The number of aromatic carboxylic acids is 2. The quantitative estimate of drug-likeness (QED) is 0.791. The van der Waals surface area contributed by atoms with E-state index in [1.54, 1.807) is 0 Å². The van der Waals surface area contributed by atoms with E-state index in [-0.39, 0.29) is 11.1 Å². The van der Waals surface area contributed by atoms with E-state index in [0.29, 0.717) is 0 Å². The van der Waals surface area contributed by atoms with Gasteiger partial charge in [0.15, 0.2) is 0 Å². The summed E-state index contributed by atoms with van der Waals surface area (Å²) in [5.74, 6) is -2.25. The van der Waals surface area contributed by atoms with Crippen molar-refractivity contribution in [3.8, 4) is 0 Å². The lowest BCUT2D eigenvalue weighted by Crippen LogP contribution is -2.47. The van der Waals surface area contributed by atoms with Crippen LogP contribution in [0.2, 0.25) is 0 Å². The van der Waals surface area contributed by atoms with Crippen molar-refractivity contribution < 1.29 is 24.3 Å². The predicted octanol–water partition coefficient (Wildman–Crippen LogP) is 2.97. The van der Waals surface area contributed by atoms with Crippen molar-refractivity contribution >= 4 is 11.9 Å². The first-order valence-corrected chi connectivity index (χ1v) is 7.27. The molecule has 0 unspecified atom stereocenters. The molecule has 0 fully saturated rings. The van der Waals surface area contributed by atoms with E-state index >= 15 is 0 Å². The van der Waals surface area contributed by atoms with Crippen LogP contribution >= 0.6 is 0 Å². The van der Waals surface area contributed by atoms with Crippen molar-refractivity contribution in [2.75, 3.05) is 26.2 Å². The van der Waals surface area contributed by atoms with E-state index in [1.165, 1.54) is 48.9 Å². The second-order valence-electron chi connectivity index (χ2n) is 4.80. The third kappa shape index (κ3) is 5.95. The average Bonchev–Trinajstić information content (AvgIpc) is 2.51. The molecule has 1 aromatic rings. The Morgan fingerprint density at radius 1 is 0.857 bits per heavy atom. The number of carboxylic acids is 2. The van der Waals surface area contributed by atoms with Gasteiger partial charge in [-0.2, -0.15) is 0 Å². The van der Waals surface area contributed by atoms with Crippen LogP contribution < -0.4 is 0 Å². The molecule has 5 nitrogen and oxygen atoms in total. The Morgan fingerprint density at radius 3 is 1.38 bits per heavy atom. The summed E-state index contributed by atoms with van der Waals surface area (Å²) in [7, 11) is 0. The first-order chi connectivity index (χ1) is 9.85. The van der Waals surface area contributed by atoms with Gasteiger partial charge < -0.3 is 14.7 Å². The van der Waals surface area contributed by atoms with Crippen molar-refractivity contribution in [1.82, 2.24) is 0 Å². The molecule has 0 spiro atoms. The summed E-state index contributed by atoms with van der Waals surface area (Å²) in [5.41, 5.74) is -0.0372. The average molecular weight is 296 g/mol. The van der Waals surface area contributed by atoms with E-state index in [1.807, 2.05) is 0 Å². The van der Waals surface area contributed by atoms with Crippen molar-refractivity contribution in [2.45, 2.75) is 27.7 Å². The van der Waals surface area contributed by atoms with Gasteiger partial charge in [0.2, 0.25) is 0 Å². The van der Waals surface area contributed by atoms with Crippen molar-refractivity contribution in [3.05, 3.63) is 35.4 Å². The molecule has 0 radical (unpaired) electrons. The minimum Gasteiger partial charge on any atom is -0.478 e. The van der Waals surface area contributed by atoms with Crippen LogP contribution in [0.1, 0.15) is 48.4 Å². The van der Waals surface area contributed by atoms with E-state index in [2.05, 4.69) is 27.7 Å². The molecule has 0 heterocycles. The summed E-state index contributed by atoms with van der Waals surface area (Å²) in [6, 6.07) is 5.20. The van der Waals surface area contributed by atoms with Crippen LogP contribution in [-0.4, -0.2) is 52.8 Å². The molecule has 0 aliphatic heterocycles. The molecule has 0 saturated carbocycles. The first-order valence-electron chi connectivity index (χ1n) is 7.27. The van der Waals surface area contributed by atoms with Crippen LogP contribution in [0.15, 0.2) is 24.3 Å². The van der Waals surface area contributed by atoms with Gasteiger partial charge in [-0.3, -0.25) is 0 Å². The summed E-state index contributed by atoms with van der Waals surface area (Å²) in [6.45, 7) is 14.2. The molecule has 0 aromatic heterocycles. The van der Waals surface area contributed by atoms with Gasteiger partial charge in [-0.15, -0.1) is 0 Å². The Balaban J connectivity index is 0.000000400. The zero-order valence-electron chi connectivity index (χ0n) is 13.3. The molecule has 1 aromatic carbocycles. The van der Waals surface area contributed by atoms with Gasteiger partial charge in [-0.25, -0.2) is 9.59 Å². The van der Waals surface area contributed by atoms with Crippen molar-refractivity contribution in [1.29, 1.82) is 0 Å². The number of benzene rings is 1. The number of hydrogen-bond acceptors (Lipinski definition) is 2. The van der Waals surface area contributed by atoms with E-state index < -0.39 is 11.9 Å². The summed E-state index contributed by atoms with van der Waals surface area (Å²) >= 11 is 0. The molecule has 5 heteroatoms. The van der Waals surface area contributed by atoms with Crippen LogP contribution in [0.25, 0.3) is 0 Å². The van der Waals surface area contributed by atoms with Crippen LogP contribution in [0.5, 0.6) is 0 Å². The molecule has 0 amide bonds. The summed E-state index contributed by atoms with van der Waals surface area (Å²) < 4.78 is 1.28. The monoisotopic (exact) mass is 296 g/mol. The molecule has 0 aliphatic carbocycles. The van der Waals surface area contributed by atoms with Gasteiger partial charge in [-0.05, 0) is 45.9 Å². The highest BCUT2D eigenvalue weighted by Gasteiger charge is 2.16. The van der Waals surface area contributed by atoms with Crippen LogP contribution in [0.4, 0.5) is 0 Å². The summed E-state index contributed by atoms with van der Waals surface area (Å²) in [5, 5.41) is 17.0. The second-order valence-corrected chi connectivity index (χ2v) is 4.80. The normalized spacial score (nSPS) is 10.5. The zero-order chi connectivity index (χ0) is 16.5. The van der Waals surface area contributed by atoms with Crippen LogP contribution in [0, 0.1) is 0 Å². The van der Waals surface area contributed by atoms with E-state index in [9.17, 15) is 9.59 Å². The lowest BCUT2D eigenvalue weighted by atomic mass is 10.1. The number of hydrogen-bond donors (Lipinski definition) is 2. The highest BCUT2D eigenvalue weighted by molar-refractivity contribution is 5.93. The Kier molecular flexibility index (Phi) is 8.31. The molecule has 0 aliphatic rings. The highest BCUT2D eigenvalue weighted by Crippen LogP contribution is 2.05. The number of quaternary nitrogens is 1. The third-order valence-electron chi connectivity index (χ3n) is 4.04. The van der Waals surface area contributed by atoms with E-state index in [0.717, 1.165) is 6.07 Å². The van der Waals surface area contributed by atoms with Gasteiger partial charge in [0.1, 0.15) is 0 Å². The number of carbonyl (C=O) groups is 2. The molecular weight excluding hydrogens is 270 g/mol. The molecular formula is C16H26NO4+. The Labute approximate surface area is 126 Å². The van der Waals surface area contributed by atoms with Crippen molar-refractivity contribution in [3.63, 3.8) is 0 Å². The lowest BCUT2D eigenvalue weighted by molar-refractivity contribution is -0.921. The maximum absolute atomic E-state index is 10.4. The number of nitrogens with zero attached hydrogens (tertiary/aromatic N) is 1. The highest BCUT2D eigenvalue weighted by atomic mass is 16.4. The third-order valence-corrected chi connectivity index (χ3v) is 4.04. The Bertz CT molecular complexity index is 420. The molecule has 2 N–H and O–H groups in total. The fraction of sp³-hybridized carbons (Fsp3) is 0.500. The first kappa shape index (κ1) is 19.1. The molecule has 0 bridgehead atoms. The maximum Gasteiger partial charge on any atom is 0.335 e. The SMILES string of the molecule is CC[N+](CC)(CC)CC.O=C(O)c1cccc(C(=O)O)c1. The Hall–Kier alpha value is -1.88. The fourth-order valence-electron chi connectivity index (χ4n) is 2.13. The molecule has 1 rings (SSSR count). The van der Waals surface area contributed by atoms with Gasteiger partial charge in [0.25, 0.3) is 0 Å². The molecule has 0 saturated heterocycles. The molecule has 118 valence electrons. The van der Waals surface area contributed by atoms with Gasteiger partial charge in [0.05, 0.1) is 37.3 Å². The smallest absolute Gasteiger partial charge is 0.335 e. The summed E-state index contributed by atoms with van der Waals surface area (Å²) in [6.07, 6.45) is 0. The number of carboxylic acid groups (broad SMARTS) is 2. The minimum atomic E-state index is -1.13. The van der Waals surface area contributed by atoms with E-state index in [4.69, 9.17) is 10.2 Å². The zero-order valence-corrected chi connectivity index (χ0v) is 13.3. The van der Waals surface area contributed by atoms with Crippen LogP contribution in [-0.2, 0) is 0 Å². The largest absolute Gasteiger partial charge is 0.478 e. The lowest BCUT2D eigenvalue weighted by Gasteiger charge is -2.34. The number of rotatable bonds is 6. The maximum atomic E-state index is 10.4. The molecule has 0 atom stereocenters. The predicted molar refractivity (Wildman–Crippen MR) is 82.8 cm³/mol. The van der Waals surface area contributed by atoms with Gasteiger partial charge in [-0.1, -0.05) is 6.07 Å². The van der Waals surface area contributed by atoms with Gasteiger partial charge in [0, 0.05) is 0 Å². The minimum absolute atomic E-state index is 0.0186. The summed E-state index contributed by atoms with van der Waals surface area (Å²) in [4.78, 5) is 20.8. The topological polar surface area (TPSA) is 74.6 Å². The fourth-order valence-corrected chi connectivity index (χ4v) is 2.13. The van der Waals surface area contributed by atoms with Crippen LogP contribution in [0.3, 0.4) is 0 Å². The Morgan fingerprint density at radius 2 is 1.19 bits per heavy atom. The second kappa shape index (κ2) is 9.13.